The van der Waals surface area contributed by atoms with Crippen molar-refractivity contribution in [3.05, 3.63) is 50.9 Å². The Morgan fingerprint density at radius 2 is 2.05 bits per heavy atom. The topological polar surface area (TPSA) is 68.0 Å². The van der Waals surface area contributed by atoms with Crippen LogP contribution < -0.4 is 11.1 Å². The third-order valence-electron chi connectivity index (χ3n) is 3.18. The van der Waals surface area contributed by atoms with Crippen LogP contribution in [0.2, 0.25) is 5.02 Å². The summed E-state index contributed by atoms with van der Waals surface area (Å²) in [6.07, 6.45) is 2.95. The van der Waals surface area contributed by atoms with Crippen LogP contribution in [0.1, 0.15) is 22.7 Å². The van der Waals surface area contributed by atoms with E-state index in [0.29, 0.717) is 19.5 Å². The molecule has 0 saturated carbocycles. The highest BCUT2D eigenvalue weighted by atomic mass is 35.5. The molecule has 3 N–H and O–H groups in total. The number of hydrogen-bond acceptors (Lipinski definition) is 4. The van der Waals surface area contributed by atoms with Gasteiger partial charge in [0.25, 0.3) is 0 Å². The molecule has 2 aromatic rings. The van der Waals surface area contributed by atoms with Crippen LogP contribution in [0.25, 0.3) is 0 Å². The zero-order valence-electron chi connectivity index (χ0n) is 12.3. The monoisotopic (exact) mass is 337 g/mol. The molecule has 1 aromatic heterocycles. The van der Waals surface area contributed by atoms with Gasteiger partial charge in [-0.3, -0.25) is 4.79 Å². The second-order valence-electron chi connectivity index (χ2n) is 5.03. The van der Waals surface area contributed by atoms with Crippen molar-refractivity contribution in [1.29, 1.82) is 0 Å². The molecule has 4 nitrogen and oxygen atoms in total. The number of carbonyl (C=O) groups excluding carboxylic acids is 1. The summed E-state index contributed by atoms with van der Waals surface area (Å²) in [5.41, 5.74) is 7.47. The second kappa shape index (κ2) is 8.88. The molecule has 0 spiro atoms. The van der Waals surface area contributed by atoms with E-state index in [2.05, 4.69) is 10.3 Å². The Hall–Kier alpha value is -1.43. The molecule has 0 aliphatic carbocycles. The van der Waals surface area contributed by atoms with E-state index >= 15 is 0 Å². The van der Waals surface area contributed by atoms with Gasteiger partial charge in [-0.2, -0.15) is 0 Å². The van der Waals surface area contributed by atoms with Gasteiger partial charge in [-0.15, -0.1) is 11.3 Å². The van der Waals surface area contributed by atoms with Gasteiger partial charge in [0.2, 0.25) is 5.91 Å². The number of aryl methyl sites for hydroxylation is 1. The first-order valence-electron chi connectivity index (χ1n) is 7.32. The summed E-state index contributed by atoms with van der Waals surface area (Å²) in [5, 5.41) is 6.64. The molecule has 0 radical (unpaired) electrons. The minimum atomic E-state index is 0.00429. The quantitative estimate of drug-likeness (QED) is 0.778. The number of nitrogens with one attached hydrogen (secondary N) is 1. The molecule has 0 aliphatic heterocycles. The van der Waals surface area contributed by atoms with Gasteiger partial charge < -0.3 is 11.1 Å². The van der Waals surface area contributed by atoms with E-state index in [1.807, 2.05) is 29.6 Å². The lowest BCUT2D eigenvalue weighted by molar-refractivity contribution is -0.120. The maximum atomic E-state index is 11.9. The summed E-state index contributed by atoms with van der Waals surface area (Å²) in [5.74, 6) is 0.00429. The van der Waals surface area contributed by atoms with Crippen LogP contribution in [-0.2, 0) is 24.1 Å². The number of thiazole rings is 1. The lowest BCUT2D eigenvalue weighted by Gasteiger charge is -2.04. The fourth-order valence-corrected chi connectivity index (χ4v) is 2.99. The smallest absolute Gasteiger partial charge is 0.226 e. The van der Waals surface area contributed by atoms with Gasteiger partial charge in [0.05, 0.1) is 17.1 Å². The summed E-state index contributed by atoms with van der Waals surface area (Å²) < 4.78 is 0. The molecule has 118 valence electrons. The van der Waals surface area contributed by atoms with Gasteiger partial charge in [-0.05, 0) is 37.1 Å². The molecular weight excluding hydrogens is 318 g/mol. The van der Waals surface area contributed by atoms with Crippen molar-refractivity contribution in [2.45, 2.75) is 25.7 Å². The lowest BCUT2D eigenvalue weighted by atomic mass is 10.1. The maximum Gasteiger partial charge on any atom is 0.226 e. The number of halogens is 1. The van der Waals surface area contributed by atoms with Crippen LogP contribution in [0.4, 0.5) is 0 Å². The molecule has 6 heteroatoms. The number of aromatic nitrogens is 1. The van der Waals surface area contributed by atoms with Crippen LogP contribution in [0.3, 0.4) is 0 Å². The van der Waals surface area contributed by atoms with Crippen molar-refractivity contribution < 1.29 is 4.79 Å². The third-order valence-corrected chi connectivity index (χ3v) is 4.39. The average Bonchev–Trinajstić information content (AvgIpc) is 2.94. The maximum absolute atomic E-state index is 11.9. The number of nitrogens with two attached hydrogens (primary N) is 1. The van der Waals surface area contributed by atoms with Crippen molar-refractivity contribution in [3.8, 4) is 0 Å². The zero-order chi connectivity index (χ0) is 15.8. The highest BCUT2D eigenvalue weighted by Gasteiger charge is 2.07. The van der Waals surface area contributed by atoms with E-state index in [-0.39, 0.29) is 5.91 Å². The summed E-state index contributed by atoms with van der Waals surface area (Å²) in [7, 11) is 0. The summed E-state index contributed by atoms with van der Waals surface area (Å²) >= 11 is 7.43. The van der Waals surface area contributed by atoms with Crippen LogP contribution in [0.15, 0.2) is 29.6 Å². The first kappa shape index (κ1) is 16.9. The van der Waals surface area contributed by atoms with Gasteiger partial charge in [0.15, 0.2) is 0 Å². The molecule has 0 unspecified atom stereocenters. The molecule has 0 saturated heterocycles. The van der Waals surface area contributed by atoms with Gasteiger partial charge in [0, 0.05) is 23.4 Å². The van der Waals surface area contributed by atoms with Gasteiger partial charge >= 0.3 is 0 Å². The van der Waals surface area contributed by atoms with E-state index < -0.39 is 0 Å². The summed E-state index contributed by atoms with van der Waals surface area (Å²) in [4.78, 5) is 16.3. The minimum Gasteiger partial charge on any atom is -0.355 e. The minimum absolute atomic E-state index is 0.00429. The normalized spacial score (nSPS) is 10.6. The van der Waals surface area contributed by atoms with E-state index in [1.165, 1.54) is 0 Å². The van der Waals surface area contributed by atoms with E-state index in [9.17, 15) is 4.79 Å². The van der Waals surface area contributed by atoms with Crippen LogP contribution in [0.5, 0.6) is 0 Å². The Kier molecular flexibility index (Phi) is 6.83. The Morgan fingerprint density at radius 3 is 2.77 bits per heavy atom. The van der Waals surface area contributed by atoms with Gasteiger partial charge in [0.1, 0.15) is 0 Å². The first-order chi connectivity index (χ1) is 10.7. The zero-order valence-corrected chi connectivity index (χ0v) is 13.9. The number of rotatable bonds is 8. The number of benzene rings is 1. The average molecular weight is 338 g/mol. The standard InChI is InChI=1S/C16H20ClN3OS/c17-13-5-3-12(4-6-13)7-9-19-15(21)10-14-11-22-16(20-14)2-1-8-18/h3-6,11H,1-2,7-10,18H2,(H,19,21). The molecular formula is C16H20ClN3OS. The Morgan fingerprint density at radius 1 is 1.27 bits per heavy atom. The third kappa shape index (κ3) is 5.75. The molecule has 0 bridgehead atoms. The Bertz CT molecular complexity index is 598. The molecule has 1 heterocycles. The fraction of sp³-hybridized carbons (Fsp3) is 0.375. The fourth-order valence-electron chi connectivity index (χ4n) is 2.02. The lowest BCUT2D eigenvalue weighted by Crippen LogP contribution is -2.27. The molecule has 2 rings (SSSR count). The van der Waals surface area contributed by atoms with Crippen molar-refractivity contribution in [2.24, 2.45) is 5.73 Å². The van der Waals surface area contributed by atoms with Crippen LogP contribution >= 0.6 is 22.9 Å². The highest BCUT2D eigenvalue weighted by Crippen LogP contribution is 2.12. The molecule has 22 heavy (non-hydrogen) atoms. The predicted octanol–water partition coefficient (Wildman–Crippen LogP) is 2.59. The number of amides is 1. The van der Waals surface area contributed by atoms with E-state index in [1.54, 1.807) is 11.3 Å². The molecule has 1 amide bonds. The van der Waals surface area contributed by atoms with Gasteiger partial charge in [-0.1, -0.05) is 23.7 Å². The Labute approximate surface area is 139 Å². The molecule has 0 aliphatic rings. The van der Waals surface area contributed by atoms with Crippen molar-refractivity contribution in [2.75, 3.05) is 13.1 Å². The predicted molar refractivity (Wildman–Crippen MR) is 91.4 cm³/mol. The molecule has 1 aromatic carbocycles. The van der Waals surface area contributed by atoms with E-state index in [4.69, 9.17) is 17.3 Å². The first-order valence-corrected chi connectivity index (χ1v) is 8.57. The number of carbonyl (C=O) groups is 1. The highest BCUT2D eigenvalue weighted by molar-refractivity contribution is 7.09. The van der Waals surface area contributed by atoms with Crippen LogP contribution in [-0.4, -0.2) is 24.0 Å². The van der Waals surface area contributed by atoms with E-state index in [0.717, 1.165) is 40.6 Å². The van der Waals surface area contributed by atoms with Crippen molar-refractivity contribution in [3.63, 3.8) is 0 Å². The molecule has 0 atom stereocenters. The van der Waals surface area contributed by atoms with Gasteiger partial charge in [-0.25, -0.2) is 4.98 Å². The van der Waals surface area contributed by atoms with Crippen molar-refractivity contribution >= 4 is 28.8 Å². The molecule has 0 fully saturated rings. The second-order valence-corrected chi connectivity index (χ2v) is 6.41. The van der Waals surface area contributed by atoms with Crippen molar-refractivity contribution in [1.82, 2.24) is 10.3 Å². The SMILES string of the molecule is NCCCc1nc(CC(=O)NCCc2ccc(Cl)cc2)cs1. The summed E-state index contributed by atoms with van der Waals surface area (Å²) in [6, 6.07) is 7.66. The number of nitrogens with zero attached hydrogens (tertiary/aromatic N) is 1. The Balaban J connectivity index is 1.71. The largest absolute Gasteiger partial charge is 0.355 e. The number of hydrogen-bond donors (Lipinski definition) is 2. The van der Waals surface area contributed by atoms with Crippen LogP contribution in [0, 0.1) is 0 Å². The summed E-state index contributed by atoms with van der Waals surface area (Å²) in [6.45, 7) is 1.28.